The summed E-state index contributed by atoms with van der Waals surface area (Å²) in [5.74, 6) is 0. The van der Waals surface area contributed by atoms with Gasteiger partial charge in [-0.2, -0.15) is 0 Å². The predicted molar refractivity (Wildman–Crippen MR) is 40.7 cm³/mol. The average molecular weight is 144 g/mol. The van der Waals surface area contributed by atoms with E-state index in [1.54, 1.807) is 7.11 Å². The second-order valence-electron chi connectivity index (χ2n) is 2.84. The Balaban J connectivity index is 2.33. The van der Waals surface area contributed by atoms with Crippen molar-refractivity contribution in [1.82, 2.24) is 9.80 Å². The lowest BCUT2D eigenvalue weighted by Gasteiger charge is -2.22. The van der Waals surface area contributed by atoms with Crippen LogP contribution >= 0.6 is 0 Å². The van der Waals surface area contributed by atoms with Gasteiger partial charge in [-0.05, 0) is 14.0 Å². The van der Waals surface area contributed by atoms with Crippen LogP contribution in [0.3, 0.4) is 0 Å². The molecule has 0 saturated carbocycles. The van der Waals surface area contributed by atoms with Crippen LogP contribution in [-0.4, -0.2) is 49.9 Å². The molecule has 0 aromatic rings. The van der Waals surface area contributed by atoms with E-state index in [0.29, 0.717) is 6.17 Å². The number of hydrogen-bond acceptors (Lipinski definition) is 3. The highest BCUT2D eigenvalue weighted by molar-refractivity contribution is 4.73. The van der Waals surface area contributed by atoms with Gasteiger partial charge in [0.05, 0.1) is 12.9 Å². The monoisotopic (exact) mass is 144 g/mol. The molecule has 1 rings (SSSR count). The Morgan fingerprint density at radius 3 is 2.60 bits per heavy atom. The van der Waals surface area contributed by atoms with Gasteiger partial charge in [-0.1, -0.05) is 0 Å². The van der Waals surface area contributed by atoms with Gasteiger partial charge >= 0.3 is 0 Å². The van der Waals surface area contributed by atoms with Crippen molar-refractivity contribution in [2.24, 2.45) is 0 Å². The van der Waals surface area contributed by atoms with Crippen molar-refractivity contribution in [3.63, 3.8) is 0 Å². The second kappa shape index (κ2) is 3.32. The van der Waals surface area contributed by atoms with Crippen LogP contribution in [0.5, 0.6) is 0 Å². The maximum Gasteiger partial charge on any atom is 0.0999 e. The van der Waals surface area contributed by atoms with Gasteiger partial charge in [0, 0.05) is 20.2 Å². The van der Waals surface area contributed by atoms with Crippen molar-refractivity contribution in [1.29, 1.82) is 0 Å². The minimum atomic E-state index is 0.542. The van der Waals surface area contributed by atoms with E-state index in [2.05, 4.69) is 23.8 Å². The summed E-state index contributed by atoms with van der Waals surface area (Å²) in [4.78, 5) is 4.62. The zero-order chi connectivity index (χ0) is 7.56. The average Bonchev–Trinajstić information content (AvgIpc) is 2.20. The number of nitrogens with zero attached hydrogens (tertiary/aromatic N) is 2. The summed E-state index contributed by atoms with van der Waals surface area (Å²) >= 11 is 0. The number of rotatable bonds is 2. The fourth-order valence-electron chi connectivity index (χ4n) is 1.28. The first-order valence-corrected chi connectivity index (χ1v) is 3.69. The van der Waals surface area contributed by atoms with Crippen molar-refractivity contribution in [3.8, 4) is 0 Å². The quantitative estimate of drug-likeness (QED) is 0.550. The van der Waals surface area contributed by atoms with Crippen LogP contribution in [0.15, 0.2) is 0 Å². The van der Waals surface area contributed by atoms with Crippen LogP contribution in [0.1, 0.15) is 6.92 Å². The van der Waals surface area contributed by atoms with E-state index in [9.17, 15) is 0 Å². The van der Waals surface area contributed by atoms with E-state index in [1.165, 1.54) is 0 Å². The van der Waals surface area contributed by atoms with Gasteiger partial charge < -0.3 is 4.74 Å². The molecular formula is C7H16N2O. The Morgan fingerprint density at radius 1 is 1.50 bits per heavy atom. The van der Waals surface area contributed by atoms with E-state index >= 15 is 0 Å². The normalized spacial score (nSPS) is 29.7. The first-order valence-electron chi connectivity index (χ1n) is 3.69. The number of likely N-dealkylation sites (N-methyl/N-ethyl adjacent to an activating group) is 1. The summed E-state index contributed by atoms with van der Waals surface area (Å²) in [5, 5.41) is 0. The summed E-state index contributed by atoms with van der Waals surface area (Å²) < 4.78 is 5.04. The molecule has 10 heavy (non-hydrogen) atoms. The Hall–Kier alpha value is -0.120. The highest BCUT2D eigenvalue weighted by Crippen LogP contribution is 2.10. The first kappa shape index (κ1) is 7.98. The molecule has 0 spiro atoms. The molecule has 1 aliphatic heterocycles. The van der Waals surface area contributed by atoms with Gasteiger partial charge in [-0.25, -0.2) is 0 Å². The molecule has 1 aliphatic rings. The zero-order valence-corrected chi connectivity index (χ0v) is 7.00. The van der Waals surface area contributed by atoms with Crippen molar-refractivity contribution in [2.45, 2.75) is 13.1 Å². The van der Waals surface area contributed by atoms with Crippen molar-refractivity contribution in [2.75, 3.05) is 34.0 Å². The standard InChI is InChI=1S/C7H16N2O/c1-7-8(2)4-5-9(7)6-10-3/h7H,4-6H2,1-3H3. The number of ether oxygens (including phenoxy) is 1. The molecule has 0 N–H and O–H groups in total. The van der Waals surface area contributed by atoms with Crippen LogP contribution in [0.4, 0.5) is 0 Å². The minimum Gasteiger partial charge on any atom is -0.369 e. The molecule has 60 valence electrons. The Labute approximate surface area is 62.6 Å². The molecule has 3 nitrogen and oxygen atoms in total. The minimum absolute atomic E-state index is 0.542. The number of hydrogen-bond donors (Lipinski definition) is 0. The van der Waals surface area contributed by atoms with Crippen LogP contribution in [0.25, 0.3) is 0 Å². The summed E-state index contributed by atoms with van der Waals surface area (Å²) in [6.07, 6.45) is 0.542. The SMILES string of the molecule is COCN1CCN(C)C1C. The fraction of sp³-hybridized carbons (Fsp3) is 1.00. The molecule has 1 atom stereocenters. The van der Waals surface area contributed by atoms with Gasteiger partial charge in [0.25, 0.3) is 0 Å². The van der Waals surface area contributed by atoms with E-state index < -0.39 is 0 Å². The molecule has 0 bridgehead atoms. The Morgan fingerprint density at radius 2 is 2.20 bits per heavy atom. The first-order chi connectivity index (χ1) is 4.75. The van der Waals surface area contributed by atoms with Crippen LogP contribution in [-0.2, 0) is 4.74 Å². The van der Waals surface area contributed by atoms with Gasteiger partial charge in [0.1, 0.15) is 0 Å². The van der Waals surface area contributed by atoms with Gasteiger partial charge in [0.2, 0.25) is 0 Å². The topological polar surface area (TPSA) is 15.7 Å². The zero-order valence-electron chi connectivity index (χ0n) is 7.00. The number of methoxy groups -OCH3 is 1. The fourth-order valence-corrected chi connectivity index (χ4v) is 1.28. The largest absolute Gasteiger partial charge is 0.369 e. The summed E-state index contributed by atoms with van der Waals surface area (Å²) in [6.45, 7) is 5.24. The van der Waals surface area contributed by atoms with Crippen LogP contribution in [0, 0.1) is 0 Å². The third-order valence-electron chi connectivity index (χ3n) is 2.20. The van der Waals surface area contributed by atoms with E-state index in [4.69, 9.17) is 4.74 Å². The highest BCUT2D eigenvalue weighted by Gasteiger charge is 2.24. The van der Waals surface area contributed by atoms with Crippen molar-refractivity contribution >= 4 is 0 Å². The Kier molecular flexibility index (Phi) is 2.65. The van der Waals surface area contributed by atoms with Crippen molar-refractivity contribution in [3.05, 3.63) is 0 Å². The maximum atomic E-state index is 5.04. The molecule has 0 aromatic heterocycles. The molecule has 1 saturated heterocycles. The maximum absolute atomic E-state index is 5.04. The molecule has 3 heteroatoms. The highest BCUT2D eigenvalue weighted by atomic mass is 16.5. The molecule has 1 unspecified atom stereocenters. The van der Waals surface area contributed by atoms with E-state index in [-0.39, 0.29) is 0 Å². The van der Waals surface area contributed by atoms with Crippen LogP contribution < -0.4 is 0 Å². The molecule has 1 heterocycles. The summed E-state index contributed by atoms with van der Waals surface area (Å²) in [7, 11) is 3.88. The molecule has 0 aromatic carbocycles. The van der Waals surface area contributed by atoms with E-state index in [0.717, 1.165) is 19.8 Å². The third kappa shape index (κ3) is 1.48. The second-order valence-corrected chi connectivity index (χ2v) is 2.84. The molecule has 1 fully saturated rings. The molecule has 0 radical (unpaired) electrons. The lowest BCUT2D eigenvalue weighted by molar-refractivity contribution is 0.0375. The Bertz CT molecular complexity index is 106. The predicted octanol–water partition coefficient (Wildman–Crippen LogP) is 0.184. The van der Waals surface area contributed by atoms with E-state index in [1.807, 2.05) is 0 Å². The van der Waals surface area contributed by atoms with Gasteiger partial charge in [-0.15, -0.1) is 0 Å². The van der Waals surface area contributed by atoms with Gasteiger partial charge in [-0.3, -0.25) is 9.80 Å². The summed E-state index contributed by atoms with van der Waals surface area (Å²) in [5.41, 5.74) is 0. The smallest absolute Gasteiger partial charge is 0.0999 e. The summed E-state index contributed by atoms with van der Waals surface area (Å²) in [6, 6.07) is 0. The lowest BCUT2D eigenvalue weighted by atomic mass is 10.5. The molecule has 0 aliphatic carbocycles. The molecular weight excluding hydrogens is 128 g/mol. The van der Waals surface area contributed by atoms with Crippen LogP contribution in [0.2, 0.25) is 0 Å². The molecule has 0 amide bonds. The lowest BCUT2D eigenvalue weighted by Crippen LogP contribution is -2.34. The van der Waals surface area contributed by atoms with Crippen molar-refractivity contribution < 1.29 is 4.74 Å². The van der Waals surface area contributed by atoms with Gasteiger partial charge in [0.15, 0.2) is 0 Å². The third-order valence-corrected chi connectivity index (χ3v) is 2.20.